The molecular weight excluding hydrogens is 390 g/mol. The number of hydrogen-bond acceptors (Lipinski definition) is 3. The van der Waals surface area contributed by atoms with E-state index < -0.39 is 0 Å². The monoisotopic (exact) mass is 417 g/mol. The molecule has 0 radical (unpaired) electrons. The fourth-order valence-electron chi connectivity index (χ4n) is 4.09. The van der Waals surface area contributed by atoms with Gasteiger partial charge in [0, 0.05) is 36.0 Å². The zero-order valence-electron chi connectivity index (χ0n) is 17.2. The van der Waals surface area contributed by atoms with E-state index in [0.717, 1.165) is 29.4 Å². The van der Waals surface area contributed by atoms with Crippen LogP contribution in [0, 0.1) is 0 Å². The van der Waals surface area contributed by atoms with Crippen molar-refractivity contribution in [2.24, 2.45) is 0 Å². The maximum atomic E-state index is 12.9. The first kappa shape index (κ1) is 20.5. The van der Waals surface area contributed by atoms with Gasteiger partial charge < -0.3 is 10.2 Å². The number of carbonyl (C=O) groups excluding carboxylic acids is 1. The summed E-state index contributed by atoms with van der Waals surface area (Å²) >= 11 is 1.77. The van der Waals surface area contributed by atoms with Gasteiger partial charge in [-0.05, 0) is 29.0 Å². The van der Waals surface area contributed by atoms with Gasteiger partial charge in [0.05, 0.1) is 12.2 Å². The van der Waals surface area contributed by atoms with Gasteiger partial charge in [0.1, 0.15) is 0 Å². The topological polar surface area (TPSA) is 45.2 Å². The van der Waals surface area contributed by atoms with E-state index in [1.807, 2.05) is 29.3 Å². The summed E-state index contributed by atoms with van der Waals surface area (Å²) in [5, 5.41) is 3.05. The Balaban J connectivity index is 1.44. The molecule has 1 fully saturated rings. The quantitative estimate of drug-likeness (QED) is 0.555. The lowest BCUT2D eigenvalue weighted by atomic mass is 9.84. The highest BCUT2D eigenvalue weighted by Crippen LogP contribution is 2.39. The van der Waals surface area contributed by atoms with E-state index in [1.54, 1.807) is 11.8 Å². The van der Waals surface area contributed by atoms with Crippen molar-refractivity contribution >= 4 is 17.8 Å². The minimum absolute atomic E-state index is 0.0248. The number of likely N-dealkylation sites (tertiary alicyclic amines) is 1. The van der Waals surface area contributed by atoms with Crippen LogP contribution in [0.15, 0.2) is 83.9 Å². The molecule has 2 amide bonds. The van der Waals surface area contributed by atoms with Crippen molar-refractivity contribution in [1.29, 1.82) is 0 Å². The third-order valence-electron chi connectivity index (χ3n) is 5.59. The van der Waals surface area contributed by atoms with Gasteiger partial charge in [-0.25, -0.2) is 4.79 Å². The fraction of sp³-hybridized carbons (Fsp3) is 0.280. The van der Waals surface area contributed by atoms with Crippen LogP contribution in [0.4, 0.5) is 4.79 Å². The Morgan fingerprint density at radius 1 is 0.967 bits per heavy atom. The number of benzene rings is 2. The molecule has 1 saturated heterocycles. The minimum atomic E-state index is -0.0248. The first-order valence-corrected chi connectivity index (χ1v) is 11.4. The maximum Gasteiger partial charge on any atom is 0.317 e. The van der Waals surface area contributed by atoms with Gasteiger partial charge in [-0.2, -0.15) is 0 Å². The van der Waals surface area contributed by atoms with Gasteiger partial charge in [0.15, 0.2) is 0 Å². The number of carbonyl (C=O) groups is 1. The lowest BCUT2D eigenvalue weighted by Gasteiger charge is -2.18. The van der Waals surface area contributed by atoms with Crippen LogP contribution < -0.4 is 5.32 Å². The molecule has 2 unspecified atom stereocenters. The van der Waals surface area contributed by atoms with E-state index in [-0.39, 0.29) is 6.03 Å². The normalized spacial score (nSPS) is 18.4. The summed E-state index contributed by atoms with van der Waals surface area (Å²) in [6.45, 7) is 4.00. The Kier molecular flexibility index (Phi) is 6.70. The van der Waals surface area contributed by atoms with Crippen molar-refractivity contribution in [3.05, 3.63) is 95.8 Å². The van der Waals surface area contributed by atoms with Gasteiger partial charge in [-0.1, -0.05) is 67.6 Å². The third-order valence-corrected chi connectivity index (χ3v) is 6.46. The Morgan fingerprint density at radius 2 is 1.57 bits per heavy atom. The molecule has 1 aliphatic heterocycles. The molecule has 0 aliphatic carbocycles. The second-order valence-electron chi connectivity index (χ2n) is 7.52. The molecule has 1 N–H and O–H groups in total. The van der Waals surface area contributed by atoms with Gasteiger partial charge in [0.25, 0.3) is 0 Å². The van der Waals surface area contributed by atoms with Gasteiger partial charge in [-0.3, -0.25) is 4.98 Å². The first-order chi connectivity index (χ1) is 14.7. The summed E-state index contributed by atoms with van der Waals surface area (Å²) in [6, 6.07) is 25.1. The van der Waals surface area contributed by atoms with Crippen LogP contribution in [0.1, 0.15) is 35.6 Å². The molecular formula is C25H27N3OS. The molecule has 1 aliphatic rings. The molecule has 4 rings (SSSR count). The number of hydrogen-bond donors (Lipinski definition) is 1. The third kappa shape index (κ3) is 4.85. The number of aromatic nitrogens is 1. The first-order valence-electron chi connectivity index (χ1n) is 10.4. The second-order valence-corrected chi connectivity index (χ2v) is 8.85. The standard InChI is InChI=1S/C25H27N3OS/c1-2-30-22-14-13-21(26-16-22)15-27-25(29)28-17-23(19-9-5-3-6-10-19)24(18-28)20-11-7-4-8-12-20/h3-14,16,23-24H,2,15,17-18H2,1H3,(H,27,29). The number of rotatable bonds is 6. The minimum Gasteiger partial charge on any atom is -0.332 e. The van der Waals surface area contributed by atoms with Crippen LogP contribution in [0.3, 0.4) is 0 Å². The van der Waals surface area contributed by atoms with Crippen LogP contribution >= 0.6 is 11.8 Å². The van der Waals surface area contributed by atoms with E-state index in [1.165, 1.54) is 11.1 Å². The maximum absolute atomic E-state index is 12.9. The van der Waals surface area contributed by atoms with E-state index in [0.29, 0.717) is 18.4 Å². The van der Waals surface area contributed by atoms with E-state index >= 15 is 0 Å². The van der Waals surface area contributed by atoms with Crippen molar-refractivity contribution < 1.29 is 4.79 Å². The summed E-state index contributed by atoms with van der Waals surface area (Å²) in [5.74, 6) is 1.61. The highest BCUT2D eigenvalue weighted by atomic mass is 32.2. The number of urea groups is 1. The summed E-state index contributed by atoms with van der Waals surface area (Å²) in [4.78, 5) is 20.5. The Hall–Kier alpha value is -2.79. The van der Waals surface area contributed by atoms with Gasteiger partial charge >= 0.3 is 6.03 Å². The predicted octanol–water partition coefficient (Wildman–Crippen LogP) is 5.29. The lowest BCUT2D eigenvalue weighted by molar-refractivity contribution is 0.207. The number of pyridine rings is 1. The number of nitrogens with one attached hydrogen (secondary N) is 1. The molecule has 0 bridgehead atoms. The molecule has 2 atom stereocenters. The van der Waals surface area contributed by atoms with Crippen LogP contribution in [-0.2, 0) is 6.54 Å². The summed E-state index contributed by atoms with van der Waals surface area (Å²) in [6.07, 6.45) is 1.88. The number of amides is 2. The fourth-order valence-corrected chi connectivity index (χ4v) is 4.72. The molecule has 4 nitrogen and oxygen atoms in total. The molecule has 154 valence electrons. The van der Waals surface area contributed by atoms with Crippen molar-refractivity contribution in [1.82, 2.24) is 15.2 Å². The molecule has 0 saturated carbocycles. The van der Waals surface area contributed by atoms with Crippen molar-refractivity contribution in [3.63, 3.8) is 0 Å². The van der Waals surface area contributed by atoms with E-state index in [9.17, 15) is 4.79 Å². The summed E-state index contributed by atoms with van der Waals surface area (Å²) in [5.41, 5.74) is 3.45. The summed E-state index contributed by atoms with van der Waals surface area (Å²) < 4.78 is 0. The Labute approximate surface area is 182 Å². The highest BCUT2D eigenvalue weighted by Gasteiger charge is 2.36. The van der Waals surface area contributed by atoms with Crippen LogP contribution in [-0.4, -0.2) is 34.8 Å². The average Bonchev–Trinajstić information content (AvgIpc) is 3.25. The molecule has 1 aromatic heterocycles. The van der Waals surface area contributed by atoms with Crippen molar-refractivity contribution in [2.75, 3.05) is 18.8 Å². The molecule has 30 heavy (non-hydrogen) atoms. The number of nitrogens with zero attached hydrogens (tertiary/aromatic N) is 2. The van der Waals surface area contributed by atoms with Crippen LogP contribution in [0.5, 0.6) is 0 Å². The summed E-state index contributed by atoms with van der Waals surface area (Å²) in [7, 11) is 0. The zero-order chi connectivity index (χ0) is 20.8. The number of thioether (sulfide) groups is 1. The van der Waals surface area contributed by atoms with Crippen molar-refractivity contribution in [3.8, 4) is 0 Å². The molecule has 3 aromatic rings. The second kappa shape index (κ2) is 9.81. The molecule has 0 spiro atoms. The lowest BCUT2D eigenvalue weighted by Crippen LogP contribution is -2.38. The zero-order valence-corrected chi connectivity index (χ0v) is 18.0. The predicted molar refractivity (Wildman–Crippen MR) is 123 cm³/mol. The smallest absolute Gasteiger partial charge is 0.317 e. The molecule has 5 heteroatoms. The molecule has 2 aromatic carbocycles. The Morgan fingerprint density at radius 3 is 2.07 bits per heavy atom. The molecule has 2 heterocycles. The average molecular weight is 418 g/mol. The van der Waals surface area contributed by atoms with E-state index in [4.69, 9.17) is 0 Å². The highest BCUT2D eigenvalue weighted by molar-refractivity contribution is 7.99. The van der Waals surface area contributed by atoms with Gasteiger partial charge in [0.2, 0.25) is 0 Å². The van der Waals surface area contributed by atoms with Crippen molar-refractivity contribution in [2.45, 2.75) is 30.2 Å². The Bertz CT molecular complexity index is 900. The largest absolute Gasteiger partial charge is 0.332 e. The SMILES string of the molecule is CCSc1ccc(CNC(=O)N2CC(c3ccccc3)C(c3ccccc3)C2)nc1. The van der Waals surface area contributed by atoms with Crippen LogP contribution in [0.2, 0.25) is 0 Å². The van der Waals surface area contributed by atoms with Gasteiger partial charge in [-0.15, -0.1) is 11.8 Å². The van der Waals surface area contributed by atoms with Crippen LogP contribution in [0.25, 0.3) is 0 Å². The van der Waals surface area contributed by atoms with E-state index in [2.05, 4.69) is 71.8 Å².